The van der Waals surface area contributed by atoms with Gasteiger partial charge in [0.15, 0.2) is 17.9 Å². The van der Waals surface area contributed by atoms with Crippen LogP contribution in [0.1, 0.15) is 23.6 Å². The Balaban J connectivity index is 1.95. The molecule has 7 heteroatoms. The lowest BCUT2D eigenvalue weighted by Crippen LogP contribution is -2.14. The molecule has 0 fully saturated rings. The number of hydrogen-bond acceptors (Lipinski definition) is 5. The fourth-order valence-electron chi connectivity index (χ4n) is 3.22. The zero-order valence-corrected chi connectivity index (χ0v) is 16.0. The van der Waals surface area contributed by atoms with Gasteiger partial charge in [-0.2, -0.15) is 5.26 Å². The van der Waals surface area contributed by atoms with Gasteiger partial charge in [0.2, 0.25) is 0 Å². The third-order valence-corrected chi connectivity index (χ3v) is 4.61. The van der Waals surface area contributed by atoms with Crippen molar-refractivity contribution in [1.82, 2.24) is 0 Å². The van der Waals surface area contributed by atoms with Crippen LogP contribution in [0.4, 0.5) is 8.78 Å². The van der Waals surface area contributed by atoms with Gasteiger partial charge >= 0.3 is 0 Å². The molecule has 3 rings (SSSR count). The van der Waals surface area contributed by atoms with E-state index >= 15 is 0 Å². The van der Waals surface area contributed by atoms with Gasteiger partial charge in [0, 0.05) is 12.5 Å². The summed E-state index contributed by atoms with van der Waals surface area (Å²) >= 11 is 0. The zero-order chi connectivity index (χ0) is 21.0. The van der Waals surface area contributed by atoms with E-state index in [1.807, 2.05) is 0 Å². The number of aliphatic hydroxyl groups excluding tert-OH is 1. The molecule has 1 aliphatic heterocycles. The lowest BCUT2D eigenvalue weighted by Gasteiger charge is -2.13. The standard InChI is InChI=1S/C22H20F2N2O3/c1-3-29-22(27)19-11-16(8-13-4-7-20(28-2)18(24)9-13)21(26-19)14-5-6-15(12-25)17(23)10-14/h4-7,9-11,16,22,27H,3,8H2,1-2H3. The van der Waals surface area contributed by atoms with Crippen LogP contribution in [-0.4, -0.2) is 30.8 Å². The number of halogens is 2. The molecule has 0 bridgehead atoms. The Bertz CT molecular complexity index is 1010. The van der Waals surface area contributed by atoms with Gasteiger partial charge in [-0.05, 0) is 54.8 Å². The molecule has 1 aliphatic rings. The summed E-state index contributed by atoms with van der Waals surface area (Å²) in [5, 5.41) is 19.1. The average Bonchev–Trinajstić information content (AvgIpc) is 3.12. The highest BCUT2D eigenvalue weighted by Gasteiger charge is 2.27. The third-order valence-electron chi connectivity index (χ3n) is 4.61. The van der Waals surface area contributed by atoms with Gasteiger partial charge in [-0.25, -0.2) is 8.78 Å². The first-order valence-corrected chi connectivity index (χ1v) is 9.09. The largest absolute Gasteiger partial charge is 0.494 e. The van der Waals surface area contributed by atoms with Crippen LogP contribution in [0.3, 0.4) is 0 Å². The van der Waals surface area contributed by atoms with Gasteiger partial charge in [0.25, 0.3) is 0 Å². The van der Waals surface area contributed by atoms with Crippen molar-refractivity contribution in [2.45, 2.75) is 19.6 Å². The molecule has 2 aromatic rings. The van der Waals surface area contributed by atoms with Crippen LogP contribution in [-0.2, 0) is 11.2 Å². The Kier molecular flexibility index (Phi) is 6.37. The second-order valence-electron chi connectivity index (χ2n) is 6.48. The number of benzene rings is 2. The van der Waals surface area contributed by atoms with Crippen molar-refractivity contribution >= 4 is 5.71 Å². The van der Waals surface area contributed by atoms with Crippen LogP contribution >= 0.6 is 0 Å². The van der Waals surface area contributed by atoms with E-state index in [1.54, 1.807) is 31.2 Å². The third kappa shape index (κ3) is 4.50. The molecule has 0 spiro atoms. The van der Waals surface area contributed by atoms with E-state index in [0.29, 0.717) is 35.6 Å². The number of aliphatic hydroxyl groups is 1. The number of hydrogen-bond donors (Lipinski definition) is 1. The van der Waals surface area contributed by atoms with Crippen LogP contribution in [0.5, 0.6) is 5.75 Å². The van der Waals surface area contributed by atoms with Crippen LogP contribution in [0.2, 0.25) is 0 Å². The van der Waals surface area contributed by atoms with Gasteiger partial charge in [-0.15, -0.1) is 0 Å². The first kappa shape index (κ1) is 20.6. The normalized spacial score (nSPS) is 16.8. The minimum atomic E-state index is -1.21. The fraction of sp³-hybridized carbons (Fsp3) is 0.273. The SMILES string of the molecule is CCOC(O)C1=CC(Cc2ccc(OC)c(F)c2)C(c2ccc(C#N)c(F)c2)=N1. The van der Waals surface area contributed by atoms with Gasteiger partial charge < -0.3 is 14.6 Å². The van der Waals surface area contributed by atoms with Crippen molar-refractivity contribution in [1.29, 1.82) is 5.26 Å². The van der Waals surface area contributed by atoms with Crippen molar-refractivity contribution in [2.24, 2.45) is 10.9 Å². The average molecular weight is 398 g/mol. The first-order valence-electron chi connectivity index (χ1n) is 9.09. The Morgan fingerprint density at radius 3 is 2.62 bits per heavy atom. The van der Waals surface area contributed by atoms with E-state index in [9.17, 15) is 13.9 Å². The van der Waals surface area contributed by atoms with E-state index in [4.69, 9.17) is 14.7 Å². The highest BCUT2D eigenvalue weighted by atomic mass is 19.1. The molecule has 0 aromatic heterocycles. The number of rotatable bonds is 7. The second-order valence-corrected chi connectivity index (χ2v) is 6.48. The van der Waals surface area contributed by atoms with Crippen molar-refractivity contribution in [3.05, 3.63) is 76.5 Å². The van der Waals surface area contributed by atoms with Crippen LogP contribution in [0, 0.1) is 28.9 Å². The Labute approximate surface area is 167 Å². The lowest BCUT2D eigenvalue weighted by molar-refractivity contribution is -0.0675. The van der Waals surface area contributed by atoms with Crippen molar-refractivity contribution < 1.29 is 23.4 Å². The Hall–Kier alpha value is -3.08. The zero-order valence-electron chi connectivity index (χ0n) is 16.0. The molecule has 2 aromatic carbocycles. The summed E-state index contributed by atoms with van der Waals surface area (Å²) in [5.74, 6) is -1.32. The van der Waals surface area contributed by atoms with Gasteiger partial charge in [-0.3, -0.25) is 4.99 Å². The quantitative estimate of drug-likeness (QED) is 0.721. The number of aliphatic imine (C=N–C) groups is 1. The van der Waals surface area contributed by atoms with Crippen molar-refractivity contribution in [2.75, 3.05) is 13.7 Å². The first-order chi connectivity index (χ1) is 14.0. The van der Waals surface area contributed by atoms with E-state index in [-0.39, 0.29) is 17.2 Å². The highest BCUT2D eigenvalue weighted by Crippen LogP contribution is 2.29. The molecule has 150 valence electrons. The molecular weight excluding hydrogens is 378 g/mol. The molecule has 0 amide bonds. The number of nitriles is 1. The van der Waals surface area contributed by atoms with E-state index in [2.05, 4.69) is 4.99 Å². The molecule has 5 nitrogen and oxygen atoms in total. The van der Waals surface area contributed by atoms with Crippen molar-refractivity contribution in [3.8, 4) is 11.8 Å². The minimum absolute atomic E-state index is 0.0661. The van der Waals surface area contributed by atoms with Crippen LogP contribution in [0.15, 0.2) is 53.2 Å². The smallest absolute Gasteiger partial charge is 0.198 e. The molecule has 0 saturated heterocycles. The van der Waals surface area contributed by atoms with Gasteiger partial charge in [0.1, 0.15) is 11.9 Å². The number of ether oxygens (including phenoxy) is 2. The molecule has 2 unspecified atom stereocenters. The Morgan fingerprint density at radius 1 is 1.21 bits per heavy atom. The minimum Gasteiger partial charge on any atom is -0.494 e. The maximum absolute atomic E-state index is 14.1. The highest BCUT2D eigenvalue weighted by molar-refractivity contribution is 6.05. The molecule has 0 saturated carbocycles. The van der Waals surface area contributed by atoms with Crippen molar-refractivity contribution in [3.63, 3.8) is 0 Å². The summed E-state index contributed by atoms with van der Waals surface area (Å²) in [4.78, 5) is 4.44. The van der Waals surface area contributed by atoms with E-state index in [1.165, 1.54) is 31.4 Å². The molecular formula is C22H20F2N2O3. The Morgan fingerprint density at radius 2 is 2.00 bits per heavy atom. The predicted octanol–water partition coefficient (Wildman–Crippen LogP) is 3.75. The monoisotopic (exact) mass is 398 g/mol. The van der Waals surface area contributed by atoms with Crippen LogP contribution < -0.4 is 4.74 Å². The molecule has 1 heterocycles. The lowest BCUT2D eigenvalue weighted by atomic mass is 9.91. The summed E-state index contributed by atoms with van der Waals surface area (Å²) in [7, 11) is 1.39. The van der Waals surface area contributed by atoms with E-state index in [0.717, 1.165) is 0 Å². The maximum Gasteiger partial charge on any atom is 0.198 e. The fourth-order valence-corrected chi connectivity index (χ4v) is 3.22. The summed E-state index contributed by atoms with van der Waals surface area (Å²) in [6.07, 6.45) is 0.897. The van der Waals surface area contributed by atoms with Gasteiger partial charge in [-0.1, -0.05) is 12.1 Å². The molecule has 29 heavy (non-hydrogen) atoms. The van der Waals surface area contributed by atoms with Crippen LogP contribution in [0.25, 0.3) is 0 Å². The summed E-state index contributed by atoms with van der Waals surface area (Å²) in [6, 6.07) is 10.7. The summed E-state index contributed by atoms with van der Waals surface area (Å²) in [6.45, 7) is 2.04. The number of allylic oxidation sites excluding steroid dienone is 1. The maximum atomic E-state index is 14.1. The molecule has 2 atom stereocenters. The molecule has 0 aliphatic carbocycles. The molecule has 1 N–H and O–H groups in total. The topological polar surface area (TPSA) is 74.8 Å². The summed E-state index contributed by atoms with van der Waals surface area (Å²) < 4.78 is 38.4. The number of nitrogens with zero attached hydrogens (tertiary/aromatic N) is 2. The summed E-state index contributed by atoms with van der Waals surface area (Å²) in [5.41, 5.74) is 1.93. The molecule has 0 radical (unpaired) electrons. The number of methoxy groups -OCH3 is 1. The van der Waals surface area contributed by atoms with E-state index < -0.39 is 17.9 Å². The van der Waals surface area contributed by atoms with Gasteiger partial charge in [0.05, 0.1) is 24.1 Å². The second kappa shape index (κ2) is 8.95. The predicted molar refractivity (Wildman–Crippen MR) is 104 cm³/mol.